The fraction of sp³-hybridized carbons (Fsp3) is 0.400. The van der Waals surface area contributed by atoms with E-state index in [1.54, 1.807) is 0 Å². The zero-order valence-corrected chi connectivity index (χ0v) is 9.74. The summed E-state index contributed by atoms with van der Waals surface area (Å²) in [6.07, 6.45) is -5.61. The Hall–Kier alpha value is -1.01. The number of hydrogen-bond donors (Lipinski definition) is 1. The fourth-order valence-electron chi connectivity index (χ4n) is 1.35. The van der Waals surface area contributed by atoms with Crippen molar-refractivity contribution in [2.75, 3.05) is 7.11 Å². The molecule has 0 spiro atoms. The first-order chi connectivity index (χ1) is 7.33. The van der Waals surface area contributed by atoms with Crippen molar-refractivity contribution in [1.82, 2.24) is 0 Å². The van der Waals surface area contributed by atoms with Crippen LogP contribution in [0.1, 0.15) is 18.0 Å². The lowest BCUT2D eigenvalue weighted by Crippen LogP contribution is -2.20. The van der Waals surface area contributed by atoms with Gasteiger partial charge in [0, 0.05) is 11.6 Å². The highest BCUT2D eigenvalue weighted by molar-refractivity contribution is 5.85. The van der Waals surface area contributed by atoms with Gasteiger partial charge in [0.15, 0.2) is 0 Å². The Morgan fingerprint density at radius 1 is 1.35 bits per heavy atom. The van der Waals surface area contributed by atoms with Gasteiger partial charge in [-0.25, -0.2) is 4.39 Å². The molecule has 98 valence electrons. The molecule has 0 saturated carbocycles. The number of hydrogen-bond acceptors (Lipinski definition) is 2. The average molecular weight is 274 g/mol. The van der Waals surface area contributed by atoms with Crippen LogP contribution in [0.2, 0.25) is 0 Å². The molecule has 1 atom stereocenters. The van der Waals surface area contributed by atoms with Crippen molar-refractivity contribution in [2.45, 2.75) is 18.6 Å². The number of alkyl halides is 3. The van der Waals surface area contributed by atoms with E-state index in [9.17, 15) is 17.6 Å². The topological polar surface area (TPSA) is 35.2 Å². The molecule has 0 aliphatic carbocycles. The van der Waals surface area contributed by atoms with Crippen molar-refractivity contribution in [2.24, 2.45) is 5.73 Å². The molecular formula is C10H12ClF4NO. The van der Waals surface area contributed by atoms with Gasteiger partial charge in [-0.05, 0) is 18.2 Å². The first kappa shape index (κ1) is 16.0. The fourth-order valence-corrected chi connectivity index (χ4v) is 1.35. The highest BCUT2D eigenvalue weighted by Gasteiger charge is 2.32. The Balaban J connectivity index is 0.00000256. The zero-order chi connectivity index (χ0) is 12.3. The van der Waals surface area contributed by atoms with Gasteiger partial charge in [0.2, 0.25) is 0 Å². The van der Waals surface area contributed by atoms with Gasteiger partial charge < -0.3 is 10.5 Å². The molecule has 7 heteroatoms. The summed E-state index contributed by atoms with van der Waals surface area (Å²) in [5, 5.41) is 0. The molecule has 0 amide bonds. The minimum absolute atomic E-state index is 0. The molecule has 2 nitrogen and oxygen atoms in total. The number of ether oxygens (including phenoxy) is 1. The normalized spacial score (nSPS) is 12.8. The summed E-state index contributed by atoms with van der Waals surface area (Å²) in [6, 6.07) is 1.98. The number of nitrogens with two attached hydrogens (primary N) is 1. The van der Waals surface area contributed by atoms with Gasteiger partial charge in [-0.3, -0.25) is 0 Å². The van der Waals surface area contributed by atoms with Crippen molar-refractivity contribution in [1.29, 1.82) is 0 Å². The van der Waals surface area contributed by atoms with Gasteiger partial charge in [-0.15, -0.1) is 12.4 Å². The van der Waals surface area contributed by atoms with E-state index < -0.39 is 24.5 Å². The van der Waals surface area contributed by atoms with E-state index in [2.05, 4.69) is 0 Å². The van der Waals surface area contributed by atoms with E-state index >= 15 is 0 Å². The van der Waals surface area contributed by atoms with Crippen molar-refractivity contribution in [3.8, 4) is 5.75 Å². The SMILES string of the molecule is COc1ccc(F)cc1[C@@H](N)CC(F)(F)F.Cl. The van der Waals surface area contributed by atoms with E-state index in [1.165, 1.54) is 13.2 Å². The van der Waals surface area contributed by atoms with Crippen molar-refractivity contribution >= 4 is 12.4 Å². The molecule has 2 N–H and O–H groups in total. The van der Waals surface area contributed by atoms with Crippen LogP contribution in [-0.4, -0.2) is 13.3 Å². The lowest BCUT2D eigenvalue weighted by atomic mass is 10.0. The van der Waals surface area contributed by atoms with Crippen LogP contribution in [0.4, 0.5) is 17.6 Å². The maximum absolute atomic E-state index is 12.9. The van der Waals surface area contributed by atoms with Crippen LogP contribution in [-0.2, 0) is 0 Å². The second-order valence-corrected chi connectivity index (χ2v) is 3.31. The van der Waals surface area contributed by atoms with Crippen LogP contribution >= 0.6 is 12.4 Å². The van der Waals surface area contributed by atoms with Gasteiger partial charge in [-0.1, -0.05) is 0 Å². The first-order valence-electron chi connectivity index (χ1n) is 4.49. The summed E-state index contributed by atoms with van der Waals surface area (Å²) in [5.74, 6) is -0.494. The highest BCUT2D eigenvalue weighted by Crippen LogP contribution is 2.32. The van der Waals surface area contributed by atoms with Crippen molar-refractivity contribution in [3.05, 3.63) is 29.6 Å². The van der Waals surface area contributed by atoms with Crippen LogP contribution < -0.4 is 10.5 Å². The summed E-state index contributed by atoms with van der Waals surface area (Å²) in [4.78, 5) is 0. The number of halogens is 5. The molecule has 0 aromatic heterocycles. The van der Waals surface area contributed by atoms with E-state index in [-0.39, 0.29) is 23.7 Å². The molecule has 0 aliphatic heterocycles. The maximum Gasteiger partial charge on any atom is 0.390 e. The molecular weight excluding hydrogens is 262 g/mol. The Labute approximate surface area is 102 Å². The van der Waals surface area contributed by atoms with E-state index in [0.717, 1.165) is 12.1 Å². The first-order valence-corrected chi connectivity index (χ1v) is 4.49. The lowest BCUT2D eigenvalue weighted by molar-refractivity contribution is -0.138. The molecule has 1 rings (SSSR count). The molecule has 0 fully saturated rings. The quantitative estimate of drug-likeness (QED) is 0.859. The number of benzene rings is 1. The largest absolute Gasteiger partial charge is 0.496 e. The highest BCUT2D eigenvalue weighted by atomic mass is 35.5. The summed E-state index contributed by atoms with van der Waals surface area (Å²) in [7, 11) is 1.29. The summed E-state index contributed by atoms with van der Waals surface area (Å²) in [6.45, 7) is 0. The minimum atomic E-state index is -4.39. The Morgan fingerprint density at radius 3 is 2.41 bits per heavy atom. The van der Waals surface area contributed by atoms with Gasteiger partial charge in [0.1, 0.15) is 11.6 Å². The molecule has 0 radical (unpaired) electrons. The van der Waals surface area contributed by atoms with Crippen LogP contribution in [0.25, 0.3) is 0 Å². The second-order valence-electron chi connectivity index (χ2n) is 3.31. The Kier molecular flexibility index (Phi) is 5.71. The molecule has 17 heavy (non-hydrogen) atoms. The lowest BCUT2D eigenvalue weighted by Gasteiger charge is -2.17. The third-order valence-corrected chi connectivity index (χ3v) is 2.04. The molecule has 0 bridgehead atoms. The third-order valence-electron chi connectivity index (χ3n) is 2.04. The second kappa shape index (κ2) is 6.07. The number of rotatable bonds is 3. The molecule has 1 aromatic rings. The van der Waals surface area contributed by atoms with E-state index in [0.29, 0.717) is 0 Å². The third kappa shape index (κ3) is 4.79. The van der Waals surface area contributed by atoms with Gasteiger partial charge in [0.25, 0.3) is 0 Å². The van der Waals surface area contributed by atoms with Crippen molar-refractivity contribution < 1.29 is 22.3 Å². The van der Waals surface area contributed by atoms with E-state index in [1.807, 2.05) is 0 Å². The Morgan fingerprint density at radius 2 is 1.94 bits per heavy atom. The van der Waals surface area contributed by atoms with Crippen LogP contribution in [0.15, 0.2) is 18.2 Å². The predicted octanol–water partition coefficient (Wildman–Crippen LogP) is 3.21. The summed E-state index contributed by atoms with van der Waals surface area (Å²) >= 11 is 0. The van der Waals surface area contributed by atoms with Crippen molar-refractivity contribution in [3.63, 3.8) is 0 Å². The van der Waals surface area contributed by atoms with Crippen LogP contribution in [0.5, 0.6) is 5.75 Å². The Bertz CT molecular complexity index is 370. The monoisotopic (exact) mass is 273 g/mol. The van der Waals surface area contributed by atoms with Crippen LogP contribution in [0.3, 0.4) is 0 Å². The minimum Gasteiger partial charge on any atom is -0.496 e. The van der Waals surface area contributed by atoms with Crippen LogP contribution in [0, 0.1) is 5.82 Å². The molecule has 0 unspecified atom stereocenters. The molecule has 0 aliphatic rings. The molecule has 1 aromatic carbocycles. The summed E-state index contributed by atoms with van der Waals surface area (Å²) in [5.41, 5.74) is 5.37. The predicted molar refractivity (Wildman–Crippen MR) is 57.8 cm³/mol. The molecule has 0 heterocycles. The zero-order valence-electron chi connectivity index (χ0n) is 8.92. The van der Waals surface area contributed by atoms with E-state index in [4.69, 9.17) is 10.5 Å². The number of methoxy groups -OCH3 is 1. The maximum atomic E-state index is 12.9. The smallest absolute Gasteiger partial charge is 0.390 e. The van der Waals surface area contributed by atoms with Gasteiger partial charge in [0.05, 0.1) is 13.5 Å². The average Bonchev–Trinajstić information content (AvgIpc) is 2.15. The van der Waals surface area contributed by atoms with Gasteiger partial charge in [-0.2, -0.15) is 13.2 Å². The standard InChI is InChI=1S/C10H11F4NO.ClH/c1-16-9-3-2-6(11)4-7(9)8(15)5-10(12,13)14;/h2-4,8H,5,15H2,1H3;1H/t8-;/m0./s1. The molecule has 0 saturated heterocycles. The van der Waals surface area contributed by atoms with Gasteiger partial charge >= 0.3 is 6.18 Å². The summed E-state index contributed by atoms with van der Waals surface area (Å²) < 4.78 is 54.0.